The van der Waals surface area contributed by atoms with E-state index in [1.807, 2.05) is 6.08 Å². The number of allylic oxidation sites excluding steroid dienone is 5. The predicted molar refractivity (Wildman–Crippen MR) is 117 cm³/mol. The minimum absolute atomic E-state index is 0.0103. The molecule has 0 saturated carbocycles. The van der Waals surface area contributed by atoms with Crippen LogP contribution in [-0.4, -0.2) is 0 Å². The van der Waals surface area contributed by atoms with Crippen LogP contribution >= 0.6 is 0 Å². The fraction of sp³-hybridized carbons (Fsp3) is 0.308. The monoisotopic (exact) mass is 342 g/mol. The van der Waals surface area contributed by atoms with Crippen LogP contribution < -0.4 is 0 Å². The summed E-state index contributed by atoms with van der Waals surface area (Å²) >= 11 is 0. The van der Waals surface area contributed by atoms with Crippen molar-refractivity contribution < 1.29 is 0 Å². The van der Waals surface area contributed by atoms with Crippen molar-refractivity contribution in [3.8, 4) is 11.1 Å². The Kier molecular flexibility index (Phi) is 4.56. The molecule has 0 unspecified atom stereocenters. The Hall–Kier alpha value is -2.34. The van der Waals surface area contributed by atoms with E-state index in [-0.39, 0.29) is 5.41 Å². The highest BCUT2D eigenvalue weighted by Crippen LogP contribution is 2.53. The fourth-order valence-electron chi connectivity index (χ4n) is 4.41. The van der Waals surface area contributed by atoms with Gasteiger partial charge in [-0.1, -0.05) is 62.4 Å². The molecule has 0 fully saturated rings. The first kappa shape index (κ1) is 18.5. The van der Waals surface area contributed by atoms with Crippen molar-refractivity contribution in [3.05, 3.63) is 82.5 Å². The molecule has 0 aliphatic heterocycles. The van der Waals surface area contributed by atoms with Gasteiger partial charge in [-0.2, -0.15) is 0 Å². The Morgan fingerprint density at radius 2 is 1.69 bits per heavy atom. The Morgan fingerprint density at radius 1 is 1.00 bits per heavy atom. The summed E-state index contributed by atoms with van der Waals surface area (Å²) in [5, 5.41) is 0. The SMILES string of the molecule is C=C/C=C(\C)c1c(C)c(/C(C)=C/C)cc2c1-c1ccc(C)cc1C2(C)C. The van der Waals surface area contributed by atoms with Crippen molar-refractivity contribution in [2.45, 2.75) is 53.9 Å². The molecule has 1 aliphatic rings. The van der Waals surface area contributed by atoms with Gasteiger partial charge in [0.25, 0.3) is 0 Å². The standard InChI is InChI=1S/C26H30/c1-9-11-18(5)24-19(6)21(17(4)10-2)15-23-25(24)20-13-12-16(3)14-22(20)26(23,7)8/h9-15H,1H2,2-8H3/b17-10+,18-11+. The second kappa shape index (κ2) is 6.43. The smallest absolute Gasteiger partial charge is 0.0159 e. The molecule has 0 heterocycles. The summed E-state index contributed by atoms with van der Waals surface area (Å²) in [5.41, 5.74) is 13.7. The van der Waals surface area contributed by atoms with Crippen molar-refractivity contribution in [2.24, 2.45) is 0 Å². The number of benzene rings is 2. The molecule has 0 N–H and O–H groups in total. The summed E-state index contributed by atoms with van der Waals surface area (Å²) in [6.45, 7) is 19.6. The maximum Gasteiger partial charge on any atom is 0.0159 e. The summed E-state index contributed by atoms with van der Waals surface area (Å²) in [6, 6.07) is 9.34. The van der Waals surface area contributed by atoms with Gasteiger partial charge in [0, 0.05) is 5.41 Å². The Morgan fingerprint density at radius 3 is 2.31 bits per heavy atom. The zero-order chi connectivity index (χ0) is 19.2. The van der Waals surface area contributed by atoms with Crippen molar-refractivity contribution >= 4 is 11.1 Å². The molecule has 0 spiro atoms. The molecular weight excluding hydrogens is 312 g/mol. The average molecular weight is 343 g/mol. The molecule has 0 atom stereocenters. The summed E-state index contributed by atoms with van der Waals surface area (Å²) < 4.78 is 0. The van der Waals surface area contributed by atoms with Crippen molar-refractivity contribution in [3.63, 3.8) is 0 Å². The van der Waals surface area contributed by atoms with Crippen LogP contribution in [0.25, 0.3) is 22.3 Å². The molecule has 134 valence electrons. The normalized spacial score (nSPS) is 15.7. The second-order valence-corrected chi connectivity index (χ2v) is 8.08. The van der Waals surface area contributed by atoms with Gasteiger partial charge in [0.15, 0.2) is 0 Å². The number of aryl methyl sites for hydroxylation is 1. The van der Waals surface area contributed by atoms with E-state index in [0.717, 1.165) is 0 Å². The van der Waals surface area contributed by atoms with E-state index in [1.165, 1.54) is 55.7 Å². The Balaban J connectivity index is 2.51. The van der Waals surface area contributed by atoms with E-state index in [2.05, 4.69) is 91.5 Å². The van der Waals surface area contributed by atoms with Gasteiger partial charge in [0.1, 0.15) is 0 Å². The largest absolute Gasteiger partial charge is 0.0991 e. The van der Waals surface area contributed by atoms with Crippen LogP contribution in [0.2, 0.25) is 0 Å². The van der Waals surface area contributed by atoms with Crippen molar-refractivity contribution in [2.75, 3.05) is 0 Å². The minimum atomic E-state index is 0.0103. The van der Waals surface area contributed by atoms with Gasteiger partial charge in [0.05, 0.1) is 0 Å². The molecule has 26 heavy (non-hydrogen) atoms. The molecular formula is C26H30. The fourth-order valence-corrected chi connectivity index (χ4v) is 4.41. The first-order valence-corrected chi connectivity index (χ1v) is 9.46. The quantitative estimate of drug-likeness (QED) is 0.503. The van der Waals surface area contributed by atoms with Gasteiger partial charge in [-0.15, -0.1) is 0 Å². The molecule has 0 aromatic heterocycles. The van der Waals surface area contributed by atoms with Gasteiger partial charge < -0.3 is 0 Å². The maximum absolute atomic E-state index is 3.92. The molecule has 2 aromatic carbocycles. The molecule has 0 amide bonds. The van der Waals surface area contributed by atoms with E-state index in [9.17, 15) is 0 Å². The van der Waals surface area contributed by atoms with Gasteiger partial charge in [0.2, 0.25) is 0 Å². The minimum Gasteiger partial charge on any atom is -0.0991 e. The lowest BCUT2D eigenvalue weighted by atomic mass is 9.79. The molecule has 1 aliphatic carbocycles. The topological polar surface area (TPSA) is 0 Å². The molecule has 3 rings (SSSR count). The van der Waals surface area contributed by atoms with E-state index < -0.39 is 0 Å². The van der Waals surface area contributed by atoms with Gasteiger partial charge in [-0.3, -0.25) is 0 Å². The first-order valence-electron chi connectivity index (χ1n) is 9.46. The number of fused-ring (bicyclic) bond motifs is 3. The van der Waals surface area contributed by atoms with Crippen LogP contribution in [0.4, 0.5) is 0 Å². The molecule has 2 aromatic rings. The second-order valence-electron chi connectivity index (χ2n) is 8.08. The lowest BCUT2D eigenvalue weighted by Gasteiger charge is -2.25. The third-order valence-electron chi connectivity index (χ3n) is 6.00. The van der Waals surface area contributed by atoms with Gasteiger partial charge in [-0.05, 0) is 90.8 Å². The lowest BCUT2D eigenvalue weighted by Crippen LogP contribution is -2.16. The Bertz CT molecular complexity index is 962. The molecule has 0 nitrogen and oxygen atoms in total. The summed E-state index contributed by atoms with van der Waals surface area (Å²) in [5.74, 6) is 0. The zero-order valence-electron chi connectivity index (χ0n) is 17.2. The van der Waals surface area contributed by atoms with E-state index >= 15 is 0 Å². The molecule has 0 bridgehead atoms. The zero-order valence-corrected chi connectivity index (χ0v) is 17.2. The molecule has 0 heteroatoms. The van der Waals surface area contributed by atoms with E-state index in [4.69, 9.17) is 0 Å². The van der Waals surface area contributed by atoms with Crippen LogP contribution in [0.15, 0.2) is 49.1 Å². The Labute approximate surface area is 159 Å². The summed E-state index contributed by atoms with van der Waals surface area (Å²) in [7, 11) is 0. The van der Waals surface area contributed by atoms with Crippen molar-refractivity contribution in [1.82, 2.24) is 0 Å². The van der Waals surface area contributed by atoms with Crippen LogP contribution in [0.1, 0.15) is 68.0 Å². The first-order chi connectivity index (χ1) is 12.2. The van der Waals surface area contributed by atoms with Gasteiger partial charge in [-0.25, -0.2) is 0 Å². The molecule has 0 saturated heterocycles. The van der Waals surface area contributed by atoms with Crippen LogP contribution in [0.5, 0.6) is 0 Å². The van der Waals surface area contributed by atoms with Crippen LogP contribution in [0.3, 0.4) is 0 Å². The van der Waals surface area contributed by atoms with Gasteiger partial charge >= 0.3 is 0 Å². The van der Waals surface area contributed by atoms with E-state index in [0.29, 0.717) is 0 Å². The maximum atomic E-state index is 3.92. The lowest BCUT2D eigenvalue weighted by molar-refractivity contribution is 0.659. The number of hydrogen-bond acceptors (Lipinski definition) is 0. The average Bonchev–Trinajstić information content (AvgIpc) is 2.81. The predicted octanol–water partition coefficient (Wildman–Crippen LogP) is 7.62. The van der Waals surface area contributed by atoms with Crippen molar-refractivity contribution in [1.29, 1.82) is 0 Å². The highest BCUT2D eigenvalue weighted by Gasteiger charge is 2.38. The van der Waals surface area contributed by atoms with Crippen LogP contribution in [0, 0.1) is 13.8 Å². The summed E-state index contributed by atoms with van der Waals surface area (Å²) in [4.78, 5) is 0. The number of rotatable bonds is 3. The summed E-state index contributed by atoms with van der Waals surface area (Å²) in [6.07, 6.45) is 6.24. The third kappa shape index (κ3) is 2.60. The number of hydrogen-bond donors (Lipinski definition) is 0. The highest BCUT2D eigenvalue weighted by atomic mass is 14.4. The van der Waals surface area contributed by atoms with Crippen LogP contribution in [-0.2, 0) is 5.41 Å². The van der Waals surface area contributed by atoms with E-state index in [1.54, 1.807) is 0 Å². The molecule has 0 radical (unpaired) electrons. The third-order valence-corrected chi connectivity index (χ3v) is 6.00. The highest BCUT2D eigenvalue weighted by molar-refractivity contribution is 5.94.